The minimum absolute atomic E-state index is 0.529. The van der Waals surface area contributed by atoms with Crippen molar-refractivity contribution in [2.75, 3.05) is 5.32 Å². The maximum Gasteiger partial charge on any atom is 0.227 e. The summed E-state index contributed by atoms with van der Waals surface area (Å²) in [6, 6.07) is 7.87. The summed E-state index contributed by atoms with van der Waals surface area (Å²) in [6.45, 7) is 1.96. The van der Waals surface area contributed by atoms with E-state index in [4.69, 9.17) is 11.6 Å². The van der Waals surface area contributed by atoms with Gasteiger partial charge in [0.2, 0.25) is 5.95 Å². The second-order valence-corrected chi connectivity index (χ2v) is 3.81. The lowest BCUT2D eigenvalue weighted by molar-refractivity contribution is 1.13. The minimum Gasteiger partial charge on any atom is -0.324 e. The van der Waals surface area contributed by atoms with E-state index in [1.54, 1.807) is 12.4 Å². The van der Waals surface area contributed by atoms with Gasteiger partial charge in [-0.3, -0.25) is 0 Å². The normalized spacial score (nSPS) is 10.1. The maximum absolute atomic E-state index is 5.71. The molecule has 0 aliphatic carbocycles. The van der Waals surface area contributed by atoms with E-state index < -0.39 is 0 Å². The van der Waals surface area contributed by atoms with Crippen LogP contribution in [0.4, 0.5) is 11.6 Å². The summed E-state index contributed by atoms with van der Waals surface area (Å²) >= 11 is 5.71. The number of anilines is 2. The Morgan fingerprint density at radius 1 is 1.12 bits per heavy atom. The van der Waals surface area contributed by atoms with Gasteiger partial charge in [0.05, 0.1) is 0 Å². The molecule has 0 radical (unpaired) electrons. The van der Waals surface area contributed by atoms with Gasteiger partial charge in [-0.2, -0.15) is 0 Å². The Kier molecular flexibility index (Phi) is 3.37. The average Bonchev–Trinajstić information content (AvgIpc) is 2.33. The molecule has 1 aromatic carbocycles. The van der Waals surface area contributed by atoms with E-state index in [1.807, 2.05) is 31.2 Å². The van der Waals surface area contributed by atoms with Crippen LogP contribution in [0.15, 0.2) is 36.7 Å². The lowest BCUT2D eigenvalue weighted by Gasteiger charge is -2.04. The van der Waals surface area contributed by atoms with Crippen molar-refractivity contribution in [3.8, 4) is 0 Å². The molecule has 0 fully saturated rings. The standard InChI is InChI=1S/C12H12ClN3/c1-9-7-14-12(15-8-9)16-11-4-2-10(6-13)3-5-11/h2-5,7-8H,6H2,1H3,(H,14,15,16). The van der Waals surface area contributed by atoms with Gasteiger partial charge >= 0.3 is 0 Å². The molecule has 1 N–H and O–H groups in total. The first-order chi connectivity index (χ1) is 7.78. The summed E-state index contributed by atoms with van der Waals surface area (Å²) in [7, 11) is 0. The largest absolute Gasteiger partial charge is 0.324 e. The Bertz CT molecular complexity index is 451. The molecular weight excluding hydrogens is 222 g/mol. The molecule has 1 aromatic heterocycles. The Morgan fingerprint density at radius 2 is 1.75 bits per heavy atom. The van der Waals surface area contributed by atoms with E-state index in [9.17, 15) is 0 Å². The summed E-state index contributed by atoms with van der Waals surface area (Å²) < 4.78 is 0. The highest BCUT2D eigenvalue weighted by Crippen LogP contribution is 2.14. The molecule has 2 rings (SSSR count). The fourth-order valence-corrected chi connectivity index (χ4v) is 1.44. The highest BCUT2D eigenvalue weighted by molar-refractivity contribution is 6.17. The summed E-state index contributed by atoms with van der Waals surface area (Å²) in [6.07, 6.45) is 3.56. The predicted octanol–water partition coefficient (Wildman–Crippen LogP) is 3.27. The Hall–Kier alpha value is -1.61. The third-order valence-electron chi connectivity index (χ3n) is 2.15. The number of hydrogen-bond donors (Lipinski definition) is 1. The molecule has 0 spiro atoms. The van der Waals surface area contributed by atoms with Crippen LogP contribution in [0.1, 0.15) is 11.1 Å². The smallest absolute Gasteiger partial charge is 0.227 e. The summed E-state index contributed by atoms with van der Waals surface area (Å²) in [4.78, 5) is 8.34. The second kappa shape index (κ2) is 4.94. The quantitative estimate of drug-likeness (QED) is 0.827. The Morgan fingerprint density at radius 3 is 2.31 bits per heavy atom. The summed E-state index contributed by atoms with van der Waals surface area (Å²) in [5.74, 6) is 1.13. The van der Waals surface area contributed by atoms with E-state index in [1.165, 1.54) is 0 Å². The number of aryl methyl sites for hydroxylation is 1. The molecule has 82 valence electrons. The molecule has 16 heavy (non-hydrogen) atoms. The fourth-order valence-electron chi connectivity index (χ4n) is 1.26. The van der Waals surface area contributed by atoms with Gasteiger partial charge in [-0.1, -0.05) is 12.1 Å². The van der Waals surface area contributed by atoms with Gasteiger partial charge in [-0.25, -0.2) is 9.97 Å². The van der Waals surface area contributed by atoms with Gasteiger partial charge in [-0.15, -0.1) is 11.6 Å². The van der Waals surface area contributed by atoms with Crippen LogP contribution in [-0.4, -0.2) is 9.97 Å². The SMILES string of the molecule is Cc1cnc(Nc2ccc(CCl)cc2)nc1. The predicted molar refractivity (Wildman–Crippen MR) is 66.1 cm³/mol. The van der Waals surface area contributed by atoms with Crippen molar-refractivity contribution in [1.29, 1.82) is 0 Å². The Balaban J connectivity index is 2.11. The van der Waals surface area contributed by atoms with Crippen LogP contribution in [0.2, 0.25) is 0 Å². The lowest BCUT2D eigenvalue weighted by atomic mass is 10.2. The molecule has 0 atom stereocenters. The third kappa shape index (κ3) is 2.70. The fraction of sp³-hybridized carbons (Fsp3) is 0.167. The van der Waals surface area contributed by atoms with Gasteiger partial charge in [0.1, 0.15) is 0 Å². The number of halogens is 1. The average molecular weight is 234 g/mol. The van der Waals surface area contributed by atoms with E-state index in [-0.39, 0.29) is 0 Å². The zero-order valence-corrected chi connectivity index (χ0v) is 9.70. The van der Waals surface area contributed by atoms with Crippen LogP contribution in [-0.2, 0) is 5.88 Å². The molecule has 0 aliphatic heterocycles. The first-order valence-corrected chi connectivity index (χ1v) is 5.52. The second-order valence-electron chi connectivity index (χ2n) is 3.54. The van der Waals surface area contributed by atoms with Gasteiger partial charge in [0.15, 0.2) is 0 Å². The van der Waals surface area contributed by atoms with Crippen LogP contribution in [0.3, 0.4) is 0 Å². The summed E-state index contributed by atoms with van der Waals surface area (Å²) in [5.41, 5.74) is 3.10. The van der Waals surface area contributed by atoms with Gasteiger partial charge in [-0.05, 0) is 30.2 Å². The zero-order valence-electron chi connectivity index (χ0n) is 8.94. The molecule has 0 saturated heterocycles. The van der Waals surface area contributed by atoms with E-state index in [2.05, 4.69) is 15.3 Å². The van der Waals surface area contributed by atoms with Crippen molar-refractivity contribution in [2.24, 2.45) is 0 Å². The molecule has 4 heteroatoms. The van der Waals surface area contributed by atoms with Crippen molar-refractivity contribution in [1.82, 2.24) is 9.97 Å². The van der Waals surface area contributed by atoms with Crippen molar-refractivity contribution >= 4 is 23.2 Å². The van der Waals surface area contributed by atoms with Crippen LogP contribution in [0, 0.1) is 6.92 Å². The zero-order chi connectivity index (χ0) is 11.4. The topological polar surface area (TPSA) is 37.8 Å². The number of rotatable bonds is 3. The monoisotopic (exact) mass is 233 g/mol. The van der Waals surface area contributed by atoms with Crippen LogP contribution in [0.5, 0.6) is 0 Å². The van der Waals surface area contributed by atoms with Crippen LogP contribution in [0.25, 0.3) is 0 Å². The highest BCUT2D eigenvalue weighted by atomic mass is 35.5. The third-order valence-corrected chi connectivity index (χ3v) is 2.45. The van der Waals surface area contributed by atoms with Crippen LogP contribution < -0.4 is 5.32 Å². The first-order valence-electron chi connectivity index (χ1n) is 4.98. The molecule has 0 saturated carbocycles. The molecule has 0 aliphatic rings. The molecule has 0 bridgehead atoms. The van der Waals surface area contributed by atoms with E-state index in [0.717, 1.165) is 16.8 Å². The van der Waals surface area contributed by atoms with Crippen molar-refractivity contribution in [3.63, 3.8) is 0 Å². The minimum atomic E-state index is 0.529. The molecule has 2 aromatic rings. The maximum atomic E-state index is 5.71. The number of hydrogen-bond acceptors (Lipinski definition) is 3. The molecule has 1 heterocycles. The van der Waals surface area contributed by atoms with Gasteiger partial charge in [0, 0.05) is 24.0 Å². The summed E-state index contributed by atoms with van der Waals surface area (Å²) in [5, 5.41) is 3.12. The number of nitrogens with zero attached hydrogens (tertiary/aromatic N) is 2. The van der Waals surface area contributed by atoms with Crippen molar-refractivity contribution in [2.45, 2.75) is 12.8 Å². The highest BCUT2D eigenvalue weighted by Gasteiger charge is 1.97. The number of benzene rings is 1. The number of aromatic nitrogens is 2. The number of alkyl halides is 1. The molecule has 0 unspecified atom stereocenters. The first kappa shape index (κ1) is 10.9. The molecule has 3 nitrogen and oxygen atoms in total. The van der Waals surface area contributed by atoms with Crippen molar-refractivity contribution in [3.05, 3.63) is 47.8 Å². The molecular formula is C12H12ClN3. The number of nitrogens with one attached hydrogen (secondary N) is 1. The van der Waals surface area contributed by atoms with Crippen molar-refractivity contribution < 1.29 is 0 Å². The van der Waals surface area contributed by atoms with E-state index in [0.29, 0.717) is 11.8 Å². The lowest BCUT2D eigenvalue weighted by Crippen LogP contribution is -1.96. The Labute approximate surface area is 99.5 Å². The van der Waals surface area contributed by atoms with Gasteiger partial charge < -0.3 is 5.32 Å². The molecule has 0 amide bonds. The van der Waals surface area contributed by atoms with Gasteiger partial charge in [0.25, 0.3) is 0 Å². The van der Waals surface area contributed by atoms with Crippen LogP contribution >= 0.6 is 11.6 Å². The van der Waals surface area contributed by atoms with E-state index >= 15 is 0 Å².